The van der Waals surface area contributed by atoms with Crippen LogP contribution >= 0.6 is 11.6 Å². The fourth-order valence-electron chi connectivity index (χ4n) is 1.98. The van der Waals surface area contributed by atoms with Crippen LogP contribution in [0.5, 0.6) is 5.75 Å². The van der Waals surface area contributed by atoms with E-state index >= 15 is 0 Å². The van der Waals surface area contributed by atoms with Gasteiger partial charge in [-0.05, 0) is 12.5 Å². The Balaban J connectivity index is 2.12. The van der Waals surface area contributed by atoms with E-state index in [1.165, 1.54) is 0 Å². The van der Waals surface area contributed by atoms with Crippen molar-refractivity contribution in [2.75, 3.05) is 18.2 Å². The van der Waals surface area contributed by atoms with Crippen LogP contribution in [0.2, 0.25) is 0 Å². The van der Waals surface area contributed by atoms with Gasteiger partial charge in [0, 0.05) is 17.9 Å². The summed E-state index contributed by atoms with van der Waals surface area (Å²) < 4.78 is 31.9. The summed E-state index contributed by atoms with van der Waals surface area (Å²) in [6.45, 7) is 0.527. The van der Waals surface area contributed by atoms with Gasteiger partial charge >= 0.3 is 0 Å². The number of hydrogen-bond acceptors (Lipinski definition) is 3. The van der Waals surface area contributed by atoms with Gasteiger partial charge in [-0.2, -0.15) is 0 Å². The third-order valence-corrected chi connectivity index (χ3v) is 4.56. The van der Waals surface area contributed by atoms with Gasteiger partial charge in [-0.1, -0.05) is 18.2 Å². The lowest BCUT2D eigenvalue weighted by molar-refractivity contribution is 0.263. The Morgan fingerprint density at radius 1 is 1.39 bits per heavy atom. The SMILES string of the molecule is O=S(=O)(CCCCl)NC1CCOc2ccccc21. The fraction of sp³-hybridized carbons (Fsp3) is 0.500. The van der Waals surface area contributed by atoms with Crippen LogP contribution in [0.1, 0.15) is 24.4 Å². The molecule has 1 atom stereocenters. The molecule has 0 radical (unpaired) electrons. The van der Waals surface area contributed by atoms with E-state index in [1.807, 2.05) is 24.3 Å². The molecule has 0 aromatic heterocycles. The molecule has 0 fully saturated rings. The zero-order valence-electron chi connectivity index (χ0n) is 9.93. The van der Waals surface area contributed by atoms with Crippen molar-refractivity contribution >= 4 is 21.6 Å². The molecule has 1 aromatic carbocycles. The number of benzene rings is 1. The molecule has 100 valence electrons. The normalized spacial score (nSPS) is 19.1. The minimum absolute atomic E-state index is 0.0655. The molecule has 0 bridgehead atoms. The average Bonchev–Trinajstić information content (AvgIpc) is 2.37. The Morgan fingerprint density at radius 2 is 2.17 bits per heavy atom. The summed E-state index contributed by atoms with van der Waals surface area (Å²) >= 11 is 5.52. The molecular weight excluding hydrogens is 274 g/mol. The first-order valence-corrected chi connectivity index (χ1v) is 8.09. The highest BCUT2D eigenvalue weighted by atomic mass is 35.5. The smallest absolute Gasteiger partial charge is 0.212 e. The summed E-state index contributed by atoms with van der Waals surface area (Å²) in [6, 6.07) is 7.31. The monoisotopic (exact) mass is 289 g/mol. The Hall–Kier alpha value is -0.780. The molecule has 0 amide bonds. The van der Waals surface area contributed by atoms with E-state index < -0.39 is 10.0 Å². The van der Waals surface area contributed by atoms with E-state index in [0.29, 0.717) is 25.3 Å². The molecule has 2 rings (SSSR count). The van der Waals surface area contributed by atoms with Crippen LogP contribution in [0.15, 0.2) is 24.3 Å². The Labute approximate surface area is 112 Å². The Bertz CT molecular complexity index is 504. The van der Waals surface area contributed by atoms with Crippen molar-refractivity contribution in [3.63, 3.8) is 0 Å². The molecule has 1 unspecified atom stereocenters. The first-order valence-electron chi connectivity index (χ1n) is 5.90. The van der Waals surface area contributed by atoms with Crippen molar-refractivity contribution in [3.05, 3.63) is 29.8 Å². The number of fused-ring (bicyclic) bond motifs is 1. The van der Waals surface area contributed by atoms with Gasteiger partial charge in [-0.25, -0.2) is 13.1 Å². The first kappa shape index (κ1) is 13.6. The highest BCUT2D eigenvalue weighted by molar-refractivity contribution is 7.89. The van der Waals surface area contributed by atoms with Gasteiger partial charge in [0.1, 0.15) is 5.75 Å². The molecule has 0 saturated heterocycles. The zero-order chi connectivity index (χ0) is 13.0. The van der Waals surface area contributed by atoms with Gasteiger partial charge in [0.15, 0.2) is 0 Å². The van der Waals surface area contributed by atoms with Crippen molar-refractivity contribution in [1.29, 1.82) is 0 Å². The minimum Gasteiger partial charge on any atom is -0.493 e. The summed E-state index contributed by atoms with van der Waals surface area (Å²) in [6.07, 6.45) is 1.11. The van der Waals surface area contributed by atoms with E-state index in [4.69, 9.17) is 16.3 Å². The molecule has 1 N–H and O–H groups in total. The summed E-state index contributed by atoms with van der Waals surface area (Å²) in [4.78, 5) is 0. The lowest BCUT2D eigenvalue weighted by Gasteiger charge is -2.26. The van der Waals surface area contributed by atoms with E-state index in [-0.39, 0.29) is 11.8 Å². The van der Waals surface area contributed by atoms with Gasteiger partial charge in [-0.15, -0.1) is 11.6 Å². The number of rotatable bonds is 5. The summed E-state index contributed by atoms with van der Waals surface area (Å²) in [5.41, 5.74) is 0.901. The van der Waals surface area contributed by atoms with Crippen LogP contribution in [-0.2, 0) is 10.0 Å². The van der Waals surface area contributed by atoms with E-state index in [9.17, 15) is 8.42 Å². The molecule has 6 heteroatoms. The molecule has 1 aromatic rings. The van der Waals surface area contributed by atoms with Crippen LogP contribution in [0.3, 0.4) is 0 Å². The maximum Gasteiger partial charge on any atom is 0.212 e. The van der Waals surface area contributed by atoms with Gasteiger partial charge in [-0.3, -0.25) is 0 Å². The highest BCUT2D eigenvalue weighted by Crippen LogP contribution is 2.31. The quantitative estimate of drug-likeness (QED) is 0.844. The molecule has 0 aliphatic carbocycles. The van der Waals surface area contributed by atoms with Crippen molar-refractivity contribution in [3.8, 4) is 5.75 Å². The first-order chi connectivity index (χ1) is 8.62. The minimum atomic E-state index is -3.28. The lowest BCUT2D eigenvalue weighted by atomic mass is 10.0. The van der Waals surface area contributed by atoms with Gasteiger partial charge in [0.25, 0.3) is 0 Å². The molecule has 1 heterocycles. The summed E-state index contributed by atoms with van der Waals surface area (Å²) in [7, 11) is -3.28. The van der Waals surface area contributed by atoms with E-state index in [2.05, 4.69) is 4.72 Å². The lowest BCUT2D eigenvalue weighted by Crippen LogP contribution is -2.33. The van der Waals surface area contributed by atoms with Crippen molar-refractivity contribution in [2.45, 2.75) is 18.9 Å². The predicted molar refractivity (Wildman–Crippen MR) is 71.6 cm³/mol. The largest absolute Gasteiger partial charge is 0.493 e. The summed E-state index contributed by atoms with van der Waals surface area (Å²) in [5.74, 6) is 1.18. The second-order valence-corrected chi connectivity index (χ2v) is 6.46. The van der Waals surface area contributed by atoms with Crippen molar-refractivity contribution in [2.24, 2.45) is 0 Å². The third kappa shape index (κ3) is 3.37. The van der Waals surface area contributed by atoms with Crippen LogP contribution in [0.4, 0.5) is 0 Å². The van der Waals surface area contributed by atoms with E-state index in [0.717, 1.165) is 11.3 Å². The number of para-hydroxylation sites is 1. The zero-order valence-corrected chi connectivity index (χ0v) is 11.5. The van der Waals surface area contributed by atoms with Gasteiger partial charge in [0.2, 0.25) is 10.0 Å². The molecule has 4 nitrogen and oxygen atoms in total. The third-order valence-electron chi connectivity index (χ3n) is 2.83. The van der Waals surface area contributed by atoms with E-state index in [1.54, 1.807) is 0 Å². The van der Waals surface area contributed by atoms with Crippen LogP contribution in [0, 0.1) is 0 Å². The molecule has 1 aliphatic rings. The molecular formula is C12H16ClNO3S. The molecule has 0 saturated carbocycles. The number of alkyl halides is 1. The number of sulfonamides is 1. The maximum atomic E-state index is 11.9. The Kier molecular flexibility index (Phi) is 4.48. The van der Waals surface area contributed by atoms with Crippen LogP contribution < -0.4 is 9.46 Å². The fourth-order valence-corrected chi connectivity index (χ4v) is 3.60. The number of nitrogens with one attached hydrogen (secondary N) is 1. The number of ether oxygens (including phenoxy) is 1. The number of hydrogen-bond donors (Lipinski definition) is 1. The van der Waals surface area contributed by atoms with Crippen LogP contribution in [0.25, 0.3) is 0 Å². The molecule has 1 aliphatic heterocycles. The van der Waals surface area contributed by atoms with Crippen LogP contribution in [-0.4, -0.2) is 26.7 Å². The van der Waals surface area contributed by atoms with Crippen molar-refractivity contribution in [1.82, 2.24) is 4.72 Å². The second-order valence-electron chi connectivity index (χ2n) is 4.21. The van der Waals surface area contributed by atoms with Crippen molar-refractivity contribution < 1.29 is 13.2 Å². The molecule has 0 spiro atoms. The molecule has 18 heavy (non-hydrogen) atoms. The highest BCUT2D eigenvalue weighted by Gasteiger charge is 2.25. The Morgan fingerprint density at radius 3 is 2.94 bits per heavy atom. The topological polar surface area (TPSA) is 55.4 Å². The van der Waals surface area contributed by atoms with Gasteiger partial charge in [0.05, 0.1) is 18.4 Å². The summed E-state index contributed by atoms with van der Waals surface area (Å²) in [5, 5.41) is 0. The average molecular weight is 290 g/mol. The van der Waals surface area contributed by atoms with Gasteiger partial charge < -0.3 is 4.74 Å². The number of halogens is 1. The maximum absolute atomic E-state index is 11.9. The standard InChI is InChI=1S/C12H16ClNO3S/c13-7-3-9-18(15,16)14-11-6-8-17-12-5-2-1-4-10(11)12/h1-2,4-5,11,14H,3,6-9H2. The second kappa shape index (κ2) is 5.91. The predicted octanol–water partition coefficient (Wildman–Crippen LogP) is 2.06.